The lowest BCUT2D eigenvalue weighted by atomic mass is 9.94. The van der Waals surface area contributed by atoms with E-state index < -0.39 is 17.6 Å². The molecule has 92 valence electrons. The van der Waals surface area contributed by atoms with Crippen LogP contribution in [0.15, 0.2) is 24.3 Å². The smallest absolute Gasteiger partial charge is 0.320 e. The Morgan fingerprint density at radius 2 is 2.12 bits per heavy atom. The number of fused-ring (bicyclic) bond motifs is 1. The Bertz CT molecular complexity index is 442. The van der Waals surface area contributed by atoms with Gasteiger partial charge in [-0.15, -0.1) is 0 Å². The summed E-state index contributed by atoms with van der Waals surface area (Å²) in [7, 11) is 0. The Labute approximate surface area is 101 Å². The molecule has 1 aromatic rings. The summed E-state index contributed by atoms with van der Waals surface area (Å²) in [6, 6.07) is 7.01. The number of carboxylic acid groups (broad SMARTS) is 1. The number of carbonyl (C=O) groups is 1. The minimum absolute atomic E-state index is 0.107. The number of hydrogen-bond donors (Lipinski definition) is 2. The van der Waals surface area contributed by atoms with Crippen molar-refractivity contribution in [2.45, 2.75) is 38.5 Å². The van der Waals surface area contributed by atoms with Crippen molar-refractivity contribution in [2.75, 3.05) is 0 Å². The van der Waals surface area contributed by atoms with Crippen LogP contribution in [0.1, 0.15) is 32.4 Å². The van der Waals surface area contributed by atoms with E-state index in [9.17, 15) is 4.79 Å². The number of benzene rings is 1. The average molecular weight is 235 g/mol. The van der Waals surface area contributed by atoms with Gasteiger partial charge in [0.15, 0.2) is 0 Å². The fourth-order valence-corrected chi connectivity index (χ4v) is 2.14. The van der Waals surface area contributed by atoms with Gasteiger partial charge in [-0.3, -0.25) is 10.1 Å². The summed E-state index contributed by atoms with van der Waals surface area (Å²) in [5, 5.41) is 12.1. The second-order valence-electron chi connectivity index (χ2n) is 4.90. The lowest BCUT2D eigenvalue weighted by molar-refractivity contribution is -0.139. The molecule has 0 fully saturated rings. The van der Waals surface area contributed by atoms with Crippen molar-refractivity contribution < 1.29 is 14.6 Å². The maximum atomic E-state index is 10.9. The molecule has 0 aliphatic carbocycles. The molecule has 17 heavy (non-hydrogen) atoms. The first-order valence-corrected chi connectivity index (χ1v) is 5.68. The fraction of sp³-hybridized carbons (Fsp3) is 0.462. The predicted molar refractivity (Wildman–Crippen MR) is 64.1 cm³/mol. The summed E-state index contributed by atoms with van der Waals surface area (Å²) in [4.78, 5) is 10.9. The number of para-hydroxylation sites is 1. The molecule has 1 heterocycles. The van der Waals surface area contributed by atoms with E-state index in [-0.39, 0.29) is 6.04 Å². The van der Waals surface area contributed by atoms with Crippen LogP contribution in [0.2, 0.25) is 0 Å². The third-order valence-electron chi connectivity index (χ3n) is 3.09. The number of carboxylic acids is 1. The first kappa shape index (κ1) is 11.9. The van der Waals surface area contributed by atoms with Crippen molar-refractivity contribution in [1.82, 2.24) is 5.32 Å². The van der Waals surface area contributed by atoms with Crippen molar-refractivity contribution in [1.29, 1.82) is 0 Å². The molecule has 0 amide bonds. The van der Waals surface area contributed by atoms with Crippen LogP contribution in [0, 0.1) is 0 Å². The van der Waals surface area contributed by atoms with Crippen LogP contribution in [-0.4, -0.2) is 22.7 Å². The molecular formula is C13H17NO3. The Morgan fingerprint density at radius 3 is 2.76 bits per heavy atom. The van der Waals surface area contributed by atoms with Gasteiger partial charge in [0.1, 0.15) is 17.4 Å². The first-order chi connectivity index (χ1) is 7.92. The predicted octanol–water partition coefficient (Wildman–Crippen LogP) is 1.96. The number of ether oxygens (including phenoxy) is 1. The van der Waals surface area contributed by atoms with E-state index in [0.29, 0.717) is 0 Å². The molecular weight excluding hydrogens is 218 g/mol. The number of hydrogen-bond acceptors (Lipinski definition) is 3. The molecule has 2 N–H and O–H groups in total. The van der Waals surface area contributed by atoms with Crippen molar-refractivity contribution in [2.24, 2.45) is 0 Å². The normalized spacial score (nSPS) is 22.6. The van der Waals surface area contributed by atoms with Gasteiger partial charge in [0.25, 0.3) is 0 Å². The molecule has 0 saturated heterocycles. The van der Waals surface area contributed by atoms with Crippen molar-refractivity contribution in [3.05, 3.63) is 29.8 Å². The van der Waals surface area contributed by atoms with Crippen LogP contribution in [-0.2, 0) is 4.79 Å². The van der Waals surface area contributed by atoms with Gasteiger partial charge in [0.05, 0.1) is 6.04 Å². The summed E-state index contributed by atoms with van der Waals surface area (Å²) in [6.45, 7) is 5.55. The van der Waals surface area contributed by atoms with Crippen LogP contribution in [0.4, 0.5) is 0 Å². The quantitative estimate of drug-likeness (QED) is 0.840. The van der Waals surface area contributed by atoms with Crippen LogP contribution in [0.3, 0.4) is 0 Å². The monoisotopic (exact) mass is 235 g/mol. The minimum Gasteiger partial charge on any atom is -0.486 e. The maximum Gasteiger partial charge on any atom is 0.320 e. The highest BCUT2D eigenvalue weighted by atomic mass is 16.5. The molecule has 2 rings (SSSR count). The van der Waals surface area contributed by atoms with Crippen LogP contribution in [0.25, 0.3) is 0 Å². The molecule has 2 atom stereocenters. The highest BCUT2D eigenvalue weighted by Crippen LogP contribution is 2.42. The number of rotatable bonds is 3. The molecule has 1 unspecified atom stereocenters. The highest BCUT2D eigenvalue weighted by Gasteiger charge is 2.41. The summed E-state index contributed by atoms with van der Waals surface area (Å²) in [5.41, 5.74) is 0.582. The van der Waals surface area contributed by atoms with Crippen LogP contribution in [0.5, 0.6) is 5.75 Å². The molecule has 0 spiro atoms. The van der Waals surface area contributed by atoms with E-state index >= 15 is 0 Å². The number of nitrogens with one attached hydrogen (secondary N) is 1. The summed E-state index contributed by atoms with van der Waals surface area (Å²) in [5.74, 6) is -0.0298. The SMILES string of the molecule is C[C@@H](NC1c2ccccc2OC1(C)C)C(=O)O. The maximum absolute atomic E-state index is 10.9. The van der Waals surface area contributed by atoms with Gasteiger partial charge in [-0.05, 0) is 26.8 Å². The van der Waals surface area contributed by atoms with Crippen LogP contribution < -0.4 is 10.1 Å². The van der Waals surface area contributed by atoms with Gasteiger partial charge in [-0.25, -0.2) is 0 Å². The van der Waals surface area contributed by atoms with E-state index in [1.807, 2.05) is 38.1 Å². The molecule has 1 aliphatic rings. The Morgan fingerprint density at radius 1 is 1.47 bits per heavy atom. The summed E-state index contributed by atoms with van der Waals surface area (Å²) < 4.78 is 5.83. The Balaban J connectivity index is 2.28. The van der Waals surface area contributed by atoms with E-state index in [2.05, 4.69) is 5.32 Å². The van der Waals surface area contributed by atoms with Gasteiger partial charge in [-0.2, -0.15) is 0 Å². The summed E-state index contributed by atoms with van der Waals surface area (Å²) >= 11 is 0. The summed E-state index contributed by atoms with van der Waals surface area (Å²) in [6.07, 6.45) is 0. The molecule has 0 radical (unpaired) electrons. The molecule has 0 aromatic heterocycles. The molecule has 1 aromatic carbocycles. The first-order valence-electron chi connectivity index (χ1n) is 5.68. The molecule has 1 aliphatic heterocycles. The molecule has 4 heteroatoms. The zero-order valence-electron chi connectivity index (χ0n) is 10.2. The lowest BCUT2D eigenvalue weighted by Crippen LogP contribution is -2.45. The van der Waals surface area contributed by atoms with Gasteiger partial charge in [0.2, 0.25) is 0 Å². The van der Waals surface area contributed by atoms with Gasteiger partial charge >= 0.3 is 5.97 Å². The lowest BCUT2D eigenvalue weighted by Gasteiger charge is -2.28. The number of aliphatic carboxylic acids is 1. The topological polar surface area (TPSA) is 58.6 Å². The zero-order valence-corrected chi connectivity index (χ0v) is 10.2. The Hall–Kier alpha value is -1.55. The third-order valence-corrected chi connectivity index (χ3v) is 3.09. The van der Waals surface area contributed by atoms with E-state index in [4.69, 9.17) is 9.84 Å². The van der Waals surface area contributed by atoms with E-state index in [1.54, 1.807) is 6.92 Å². The van der Waals surface area contributed by atoms with Crippen LogP contribution >= 0.6 is 0 Å². The zero-order chi connectivity index (χ0) is 12.6. The Kier molecular flexibility index (Phi) is 2.83. The average Bonchev–Trinajstić information content (AvgIpc) is 2.50. The van der Waals surface area contributed by atoms with Crippen molar-refractivity contribution in [3.8, 4) is 5.75 Å². The van der Waals surface area contributed by atoms with Crippen molar-refractivity contribution in [3.63, 3.8) is 0 Å². The fourth-order valence-electron chi connectivity index (χ4n) is 2.14. The van der Waals surface area contributed by atoms with Gasteiger partial charge < -0.3 is 9.84 Å². The molecule has 4 nitrogen and oxygen atoms in total. The van der Waals surface area contributed by atoms with E-state index in [0.717, 1.165) is 11.3 Å². The standard InChI is InChI=1S/C13H17NO3/c1-8(12(15)16)14-11-9-6-4-5-7-10(9)17-13(11,2)3/h4-8,11,14H,1-3H3,(H,15,16)/t8-,11?/m1/s1. The highest BCUT2D eigenvalue weighted by molar-refractivity contribution is 5.73. The molecule has 0 saturated carbocycles. The largest absolute Gasteiger partial charge is 0.486 e. The third kappa shape index (κ3) is 2.13. The van der Waals surface area contributed by atoms with Gasteiger partial charge in [0, 0.05) is 5.56 Å². The second-order valence-corrected chi connectivity index (χ2v) is 4.90. The van der Waals surface area contributed by atoms with E-state index in [1.165, 1.54) is 0 Å². The molecule has 0 bridgehead atoms. The second kappa shape index (κ2) is 4.04. The minimum atomic E-state index is -0.856. The van der Waals surface area contributed by atoms with Gasteiger partial charge in [-0.1, -0.05) is 18.2 Å². The van der Waals surface area contributed by atoms with Crippen molar-refractivity contribution >= 4 is 5.97 Å².